The Labute approximate surface area is 160 Å². The van der Waals surface area contributed by atoms with Gasteiger partial charge in [-0.15, -0.1) is 0 Å². The third-order valence-corrected chi connectivity index (χ3v) is 5.26. The molecule has 2 aromatic carbocycles. The Morgan fingerprint density at radius 2 is 2.04 bits per heavy atom. The smallest absolute Gasteiger partial charge is 0.257 e. The molecule has 4 aromatic rings. The molecule has 0 bridgehead atoms. The monoisotopic (exact) mass is 375 g/mol. The molecule has 7 heteroatoms. The molecule has 0 radical (unpaired) electrons. The molecule has 1 aliphatic heterocycles. The molecule has 5 rings (SSSR count). The van der Waals surface area contributed by atoms with E-state index >= 15 is 0 Å². The summed E-state index contributed by atoms with van der Waals surface area (Å²) in [7, 11) is 1.88. The zero-order valence-electron chi connectivity index (χ0n) is 15.6. The molecule has 6 nitrogen and oxygen atoms in total. The maximum atomic E-state index is 14.7. The fraction of sp³-hybridized carbons (Fsp3) is 0.190. The second kappa shape index (κ2) is 6.02. The minimum absolute atomic E-state index is 0.189. The standard InChI is InChI=1S/C21H18FN5O/c1-3-26-11-14-6-16(8-17(22)20(14)21(26)28)27-12-23-18-7-13(4-5-19(18)27)15-9-24-25(2)10-15/h4-10,12H,3,11H2,1-2H3. The Morgan fingerprint density at radius 1 is 1.18 bits per heavy atom. The summed E-state index contributed by atoms with van der Waals surface area (Å²) in [6.45, 7) is 2.90. The maximum absolute atomic E-state index is 14.7. The van der Waals surface area contributed by atoms with Crippen molar-refractivity contribution in [1.29, 1.82) is 0 Å². The quantitative estimate of drug-likeness (QED) is 0.550. The third kappa shape index (κ3) is 2.43. The summed E-state index contributed by atoms with van der Waals surface area (Å²) in [5.41, 5.74) is 5.30. The van der Waals surface area contributed by atoms with Crippen LogP contribution in [0.3, 0.4) is 0 Å². The fourth-order valence-electron chi connectivity index (χ4n) is 3.81. The molecule has 0 saturated heterocycles. The molecule has 1 amide bonds. The molecule has 1 aliphatic rings. The highest BCUT2D eigenvalue weighted by molar-refractivity contribution is 5.99. The van der Waals surface area contributed by atoms with E-state index < -0.39 is 5.82 Å². The van der Waals surface area contributed by atoms with Gasteiger partial charge in [-0.3, -0.25) is 14.0 Å². The second-order valence-electron chi connectivity index (χ2n) is 7.00. The van der Waals surface area contributed by atoms with E-state index in [0.717, 1.165) is 27.7 Å². The summed E-state index contributed by atoms with van der Waals surface area (Å²) in [6.07, 6.45) is 5.45. The Hall–Kier alpha value is -3.48. The van der Waals surface area contributed by atoms with Gasteiger partial charge < -0.3 is 4.90 Å². The van der Waals surface area contributed by atoms with E-state index in [9.17, 15) is 9.18 Å². The highest BCUT2D eigenvalue weighted by atomic mass is 19.1. The van der Waals surface area contributed by atoms with E-state index in [0.29, 0.717) is 18.8 Å². The first-order chi connectivity index (χ1) is 13.5. The molecule has 0 aliphatic carbocycles. The van der Waals surface area contributed by atoms with Gasteiger partial charge in [0.2, 0.25) is 0 Å². The van der Waals surface area contributed by atoms with Crippen LogP contribution in [-0.2, 0) is 13.6 Å². The molecule has 3 heterocycles. The van der Waals surface area contributed by atoms with Crippen molar-refractivity contribution in [2.75, 3.05) is 6.54 Å². The minimum atomic E-state index is -0.484. The predicted molar refractivity (Wildman–Crippen MR) is 104 cm³/mol. The molecular formula is C21H18FN5O. The molecule has 0 N–H and O–H groups in total. The highest BCUT2D eigenvalue weighted by Crippen LogP contribution is 2.30. The largest absolute Gasteiger partial charge is 0.334 e. The van der Waals surface area contributed by atoms with Crippen LogP contribution in [0.25, 0.3) is 27.8 Å². The van der Waals surface area contributed by atoms with Crippen molar-refractivity contribution in [2.45, 2.75) is 13.5 Å². The predicted octanol–water partition coefficient (Wildman–Crippen LogP) is 3.54. The molecule has 0 unspecified atom stereocenters. The van der Waals surface area contributed by atoms with Crippen LogP contribution in [0, 0.1) is 5.82 Å². The van der Waals surface area contributed by atoms with Crippen molar-refractivity contribution in [2.24, 2.45) is 7.05 Å². The SMILES string of the molecule is CCN1Cc2cc(-n3cnc4cc(-c5cnn(C)c5)ccc43)cc(F)c2C1=O. The number of halogens is 1. The number of carbonyl (C=O) groups is 1. The van der Waals surface area contributed by atoms with Crippen molar-refractivity contribution in [1.82, 2.24) is 24.2 Å². The average molecular weight is 375 g/mol. The van der Waals surface area contributed by atoms with E-state index in [1.807, 2.05) is 55.2 Å². The molecule has 0 saturated carbocycles. The van der Waals surface area contributed by atoms with Gasteiger partial charge in [-0.1, -0.05) is 6.07 Å². The number of carbonyl (C=O) groups excluding carboxylic acids is 1. The lowest BCUT2D eigenvalue weighted by atomic mass is 10.1. The summed E-state index contributed by atoms with van der Waals surface area (Å²) in [4.78, 5) is 18.4. The van der Waals surface area contributed by atoms with Crippen LogP contribution in [0.4, 0.5) is 4.39 Å². The van der Waals surface area contributed by atoms with Crippen molar-refractivity contribution < 1.29 is 9.18 Å². The average Bonchev–Trinajstić information content (AvgIpc) is 3.38. The van der Waals surface area contributed by atoms with E-state index in [-0.39, 0.29) is 11.5 Å². The second-order valence-corrected chi connectivity index (χ2v) is 7.00. The van der Waals surface area contributed by atoms with Gasteiger partial charge in [0, 0.05) is 31.9 Å². The van der Waals surface area contributed by atoms with Gasteiger partial charge >= 0.3 is 0 Å². The number of aromatic nitrogens is 4. The van der Waals surface area contributed by atoms with Crippen molar-refractivity contribution >= 4 is 16.9 Å². The van der Waals surface area contributed by atoms with Crippen LogP contribution in [0.2, 0.25) is 0 Å². The van der Waals surface area contributed by atoms with Crippen LogP contribution in [0.5, 0.6) is 0 Å². The van der Waals surface area contributed by atoms with E-state index in [4.69, 9.17) is 0 Å². The Morgan fingerprint density at radius 3 is 2.79 bits per heavy atom. The minimum Gasteiger partial charge on any atom is -0.334 e. The van der Waals surface area contributed by atoms with Crippen molar-refractivity contribution in [3.63, 3.8) is 0 Å². The summed E-state index contributed by atoms with van der Waals surface area (Å²) in [6, 6.07) is 9.26. The molecule has 0 spiro atoms. The van der Waals surface area contributed by atoms with Gasteiger partial charge in [0.25, 0.3) is 5.91 Å². The molecular weight excluding hydrogens is 357 g/mol. The van der Waals surface area contributed by atoms with Crippen LogP contribution in [0.15, 0.2) is 49.1 Å². The number of amides is 1. The number of hydrogen-bond donors (Lipinski definition) is 0. The Bertz CT molecular complexity index is 1240. The summed E-state index contributed by atoms with van der Waals surface area (Å²) in [5.74, 6) is -0.722. The van der Waals surface area contributed by atoms with Gasteiger partial charge in [0.05, 0.1) is 28.5 Å². The van der Waals surface area contributed by atoms with Crippen LogP contribution in [-0.4, -0.2) is 36.7 Å². The first-order valence-electron chi connectivity index (χ1n) is 9.13. The lowest BCUT2D eigenvalue weighted by Gasteiger charge is -2.10. The number of fused-ring (bicyclic) bond motifs is 2. The normalized spacial score (nSPS) is 13.5. The number of aryl methyl sites for hydroxylation is 1. The maximum Gasteiger partial charge on any atom is 0.257 e. The number of nitrogens with zero attached hydrogens (tertiary/aromatic N) is 5. The number of benzene rings is 2. The fourth-order valence-corrected chi connectivity index (χ4v) is 3.81. The highest BCUT2D eigenvalue weighted by Gasteiger charge is 2.30. The van der Waals surface area contributed by atoms with Gasteiger partial charge in [0.1, 0.15) is 12.1 Å². The van der Waals surface area contributed by atoms with Gasteiger partial charge in [0.15, 0.2) is 0 Å². The lowest BCUT2D eigenvalue weighted by molar-refractivity contribution is 0.0784. The van der Waals surface area contributed by atoms with Crippen molar-refractivity contribution in [3.8, 4) is 16.8 Å². The van der Waals surface area contributed by atoms with Crippen molar-refractivity contribution in [3.05, 3.63) is 66.0 Å². The molecule has 0 fully saturated rings. The number of hydrogen-bond acceptors (Lipinski definition) is 3. The molecule has 0 atom stereocenters. The number of imidazole rings is 1. The van der Waals surface area contributed by atoms with E-state index in [2.05, 4.69) is 10.1 Å². The Balaban J connectivity index is 1.59. The summed E-state index contributed by atoms with van der Waals surface area (Å²) in [5, 5.41) is 4.21. The molecule has 2 aromatic heterocycles. The molecule has 140 valence electrons. The lowest BCUT2D eigenvalue weighted by Crippen LogP contribution is -2.23. The van der Waals surface area contributed by atoms with Gasteiger partial charge in [-0.05, 0) is 42.3 Å². The van der Waals surface area contributed by atoms with E-state index in [1.54, 1.807) is 15.9 Å². The summed E-state index contributed by atoms with van der Waals surface area (Å²) < 4.78 is 18.3. The molecule has 28 heavy (non-hydrogen) atoms. The van der Waals surface area contributed by atoms with Gasteiger partial charge in [-0.25, -0.2) is 9.37 Å². The van der Waals surface area contributed by atoms with Crippen LogP contribution in [0.1, 0.15) is 22.8 Å². The first kappa shape index (κ1) is 16.7. The zero-order chi connectivity index (χ0) is 19.4. The third-order valence-electron chi connectivity index (χ3n) is 5.26. The van der Waals surface area contributed by atoms with E-state index in [1.165, 1.54) is 6.07 Å². The number of rotatable bonds is 3. The first-order valence-corrected chi connectivity index (χ1v) is 9.13. The van der Waals surface area contributed by atoms with Crippen LogP contribution >= 0.6 is 0 Å². The topological polar surface area (TPSA) is 56.0 Å². The van der Waals surface area contributed by atoms with Gasteiger partial charge in [-0.2, -0.15) is 5.10 Å². The zero-order valence-corrected chi connectivity index (χ0v) is 15.6. The summed E-state index contributed by atoms with van der Waals surface area (Å²) >= 11 is 0. The van der Waals surface area contributed by atoms with Crippen LogP contribution < -0.4 is 0 Å². The Kier molecular flexibility index (Phi) is 3.58.